The molecule has 0 bridgehead atoms. The molecule has 2 fully saturated rings. The second-order valence-electron chi connectivity index (χ2n) is 7.33. The van der Waals surface area contributed by atoms with Crippen molar-refractivity contribution in [3.05, 3.63) is 29.8 Å². The number of rotatable bonds is 4. The van der Waals surface area contributed by atoms with Gasteiger partial charge in [-0.3, -0.25) is 0 Å². The fraction of sp³-hybridized carbons (Fsp3) is 0.667. The maximum atomic E-state index is 10.6. The SMILES string of the molecule is CC1(C)CCC(C(O)c2ccc(OC3CC3)cc2)CC1. The van der Waals surface area contributed by atoms with Gasteiger partial charge in [0.1, 0.15) is 5.75 Å². The lowest BCUT2D eigenvalue weighted by atomic mass is 9.71. The lowest BCUT2D eigenvalue weighted by Gasteiger charge is -2.36. The fourth-order valence-corrected chi connectivity index (χ4v) is 3.13. The first-order valence-corrected chi connectivity index (χ1v) is 7.98. The highest BCUT2D eigenvalue weighted by Gasteiger charge is 2.31. The van der Waals surface area contributed by atoms with Crippen molar-refractivity contribution in [2.45, 2.75) is 64.6 Å². The van der Waals surface area contributed by atoms with Crippen LogP contribution in [0.2, 0.25) is 0 Å². The molecule has 2 aliphatic carbocycles. The highest BCUT2D eigenvalue weighted by molar-refractivity contribution is 5.29. The number of aliphatic hydroxyl groups is 1. The van der Waals surface area contributed by atoms with E-state index < -0.39 is 0 Å². The van der Waals surface area contributed by atoms with Gasteiger partial charge in [-0.15, -0.1) is 0 Å². The molecule has 1 aromatic rings. The van der Waals surface area contributed by atoms with E-state index in [0.29, 0.717) is 17.4 Å². The van der Waals surface area contributed by atoms with Gasteiger partial charge in [0.05, 0.1) is 12.2 Å². The lowest BCUT2D eigenvalue weighted by molar-refractivity contribution is 0.0567. The molecule has 2 saturated carbocycles. The lowest BCUT2D eigenvalue weighted by Crippen LogP contribution is -2.25. The normalized spacial score (nSPS) is 24.4. The monoisotopic (exact) mass is 274 g/mol. The summed E-state index contributed by atoms with van der Waals surface area (Å²) in [6, 6.07) is 8.07. The van der Waals surface area contributed by atoms with E-state index in [2.05, 4.69) is 13.8 Å². The van der Waals surface area contributed by atoms with Crippen LogP contribution in [0, 0.1) is 11.3 Å². The van der Waals surface area contributed by atoms with Gasteiger partial charge in [-0.05, 0) is 67.6 Å². The van der Waals surface area contributed by atoms with E-state index in [4.69, 9.17) is 4.74 Å². The molecule has 20 heavy (non-hydrogen) atoms. The Hall–Kier alpha value is -1.02. The van der Waals surface area contributed by atoms with Crippen molar-refractivity contribution in [1.82, 2.24) is 0 Å². The van der Waals surface area contributed by atoms with Crippen LogP contribution in [0.25, 0.3) is 0 Å². The summed E-state index contributed by atoms with van der Waals surface area (Å²) in [6.45, 7) is 4.67. The van der Waals surface area contributed by atoms with Gasteiger partial charge in [0.25, 0.3) is 0 Å². The maximum Gasteiger partial charge on any atom is 0.119 e. The highest BCUT2D eigenvalue weighted by Crippen LogP contribution is 2.42. The Balaban J connectivity index is 1.60. The Bertz CT molecular complexity index is 435. The highest BCUT2D eigenvalue weighted by atomic mass is 16.5. The van der Waals surface area contributed by atoms with Gasteiger partial charge in [0.2, 0.25) is 0 Å². The second-order valence-corrected chi connectivity index (χ2v) is 7.33. The van der Waals surface area contributed by atoms with Gasteiger partial charge in [-0.25, -0.2) is 0 Å². The molecule has 2 heteroatoms. The van der Waals surface area contributed by atoms with Crippen molar-refractivity contribution in [3.8, 4) is 5.75 Å². The van der Waals surface area contributed by atoms with Crippen molar-refractivity contribution in [2.75, 3.05) is 0 Å². The second kappa shape index (κ2) is 5.40. The first kappa shape index (κ1) is 13.9. The first-order chi connectivity index (χ1) is 9.53. The Morgan fingerprint density at radius 1 is 1.05 bits per heavy atom. The van der Waals surface area contributed by atoms with Gasteiger partial charge in [-0.2, -0.15) is 0 Å². The number of aliphatic hydroxyl groups excluding tert-OH is 1. The average molecular weight is 274 g/mol. The molecule has 1 aromatic carbocycles. The summed E-state index contributed by atoms with van der Waals surface area (Å²) in [6.07, 6.45) is 7.19. The third-order valence-corrected chi connectivity index (χ3v) is 4.88. The molecular weight excluding hydrogens is 248 g/mol. The summed E-state index contributed by atoms with van der Waals surface area (Å²) in [5.41, 5.74) is 1.50. The Kier molecular flexibility index (Phi) is 3.76. The first-order valence-electron chi connectivity index (χ1n) is 7.98. The third-order valence-electron chi connectivity index (χ3n) is 4.88. The zero-order chi connectivity index (χ0) is 14.2. The van der Waals surface area contributed by atoms with Crippen LogP contribution < -0.4 is 4.74 Å². The number of hydrogen-bond donors (Lipinski definition) is 1. The number of ether oxygens (including phenoxy) is 1. The van der Waals surface area contributed by atoms with Gasteiger partial charge in [0, 0.05) is 0 Å². The molecule has 1 unspecified atom stereocenters. The Labute approximate surface area is 122 Å². The minimum absolute atomic E-state index is 0.318. The molecule has 0 saturated heterocycles. The van der Waals surface area contributed by atoms with Gasteiger partial charge in [-0.1, -0.05) is 26.0 Å². The molecule has 1 N–H and O–H groups in total. The Morgan fingerprint density at radius 2 is 1.65 bits per heavy atom. The molecule has 0 aromatic heterocycles. The molecule has 3 rings (SSSR count). The van der Waals surface area contributed by atoms with Crippen LogP contribution in [0.3, 0.4) is 0 Å². The van der Waals surface area contributed by atoms with Crippen molar-refractivity contribution >= 4 is 0 Å². The largest absolute Gasteiger partial charge is 0.490 e. The van der Waals surface area contributed by atoms with E-state index in [1.807, 2.05) is 24.3 Å². The number of hydrogen-bond acceptors (Lipinski definition) is 2. The molecule has 110 valence electrons. The smallest absolute Gasteiger partial charge is 0.119 e. The predicted molar refractivity (Wildman–Crippen MR) is 80.8 cm³/mol. The van der Waals surface area contributed by atoms with E-state index >= 15 is 0 Å². The molecule has 0 heterocycles. The minimum atomic E-state index is -0.318. The average Bonchev–Trinajstić information content (AvgIpc) is 3.23. The van der Waals surface area contributed by atoms with Gasteiger partial charge in [0.15, 0.2) is 0 Å². The van der Waals surface area contributed by atoms with Crippen LogP contribution in [0.15, 0.2) is 24.3 Å². The summed E-state index contributed by atoms with van der Waals surface area (Å²) >= 11 is 0. The summed E-state index contributed by atoms with van der Waals surface area (Å²) in [5.74, 6) is 1.35. The summed E-state index contributed by atoms with van der Waals surface area (Å²) in [5, 5.41) is 10.6. The van der Waals surface area contributed by atoms with Crippen LogP contribution in [0.5, 0.6) is 5.75 Å². The van der Waals surface area contributed by atoms with Crippen LogP contribution >= 0.6 is 0 Å². The molecule has 1 atom stereocenters. The summed E-state index contributed by atoms with van der Waals surface area (Å²) in [7, 11) is 0. The zero-order valence-electron chi connectivity index (χ0n) is 12.6. The van der Waals surface area contributed by atoms with Crippen LogP contribution in [0.4, 0.5) is 0 Å². The molecule has 2 aliphatic rings. The zero-order valence-corrected chi connectivity index (χ0v) is 12.6. The van der Waals surface area contributed by atoms with Crippen LogP contribution in [0.1, 0.15) is 64.0 Å². The Morgan fingerprint density at radius 3 is 2.20 bits per heavy atom. The summed E-state index contributed by atoms with van der Waals surface area (Å²) < 4.78 is 5.75. The maximum absolute atomic E-state index is 10.6. The molecule has 2 nitrogen and oxygen atoms in total. The van der Waals surface area contributed by atoms with E-state index in [9.17, 15) is 5.11 Å². The molecule has 0 spiro atoms. The molecule has 0 aliphatic heterocycles. The molecule has 0 radical (unpaired) electrons. The standard InChI is InChI=1S/C18H26O2/c1-18(2)11-9-14(10-12-18)17(19)13-3-5-15(6-4-13)20-16-7-8-16/h3-6,14,16-17,19H,7-12H2,1-2H3. The van der Waals surface area contributed by atoms with Crippen LogP contribution in [-0.2, 0) is 0 Å². The molecule has 0 amide bonds. The van der Waals surface area contributed by atoms with Gasteiger partial charge < -0.3 is 9.84 Å². The topological polar surface area (TPSA) is 29.5 Å². The fourth-order valence-electron chi connectivity index (χ4n) is 3.13. The van der Waals surface area contributed by atoms with Gasteiger partial charge >= 0.3 is 0 Å². The minimum Gasteiger partial charge on any atom is -0.490 e. The quantitative estimate of drug-likeness (QED) is 0.877. The van der Waals surface area contributed by atoms with Crippen molar-refractivity contribution in [2.24, 2.45) is 11.3 Å². The third kappa shape index (κ3) is 3.35. The van der Waals surface area contributed by atoms with Crippen molar-refractivity contribution in [3.63, 3.8) is 0 Å². The van der Waals surface area contributed by atoms with Crippen molar-refractivity contribution in [1.29, 1.82) is 0 Å². The van der Waals surface area contributed by atoms with Crippen LogP contribution in [-0.4, -0.2) is 11.2 Å². The predicted octanol–water partition coefficient (Wildman–Crippen LogP) is 4.48. The van der Waals surface area contributed by atoms with E-state index in [-0.39, 0.29) is 6.10 Å². The molecular formula is C18H26O2. The van der Waals surface area contributed by atoms with E-state index in [1.54, 1.807) is 0 Å². The van der Waals surface area contributed by atoms with Crippen molar-refractivity contribution < 1.29 is 9.84 Å². The van der Waals surface area contributed by atoms with E-state index in [1.165, 1.54) is 25.7 Å². The van der Waals surface area contributed by atoms with E-state index in [0.717, 1.165) is 24.2 Å². The summed E-state index contributed by atoms with van der Waals surface area (Å²) in [4.78, 5) is 0. The number of benzene rings is 1.